The second kappa shape index (κ2) is 6.42. The maximum absolute atomic E-state index is 4.86. The summed E-state index contributed by atoms with van der Waals surface area (Å²) in [7, 11) is 1.53. The first kappa shape index (κ1) is 12.9. The fraction of sp³-hybridized carbons (Fsp3) is 0.118. The molecule has 2 aromatic rings. The van der Waals surface area contributed by atoms with Crippen molar-refractivity contribution >= 4 is 5.71 Å². The molecule has 0 spiro atoms. The van der Waals surface area contributed by atoms with E-state index in [9.17, 15) is 0 Å². The molecule has 0 aromatic heterocycles. The molecule has 2 rings (SSSR count). The predicted molar refractivity (Wildman–Crippen MR) is 78.0 cm³/mol. The summed E-state index contributed by atoms with van der Waals surface area (Å²) in [5.41, 5.74) is 3.75. The van der Waals surface area contributed by atoms with E-state index in [1.807, 2.05) is 61.5 Å². The molecule has 0 N–H and O–H groups in total. The summed E-state index contributed by atoms with van der Waals surface area (Å²) in [4.78, 5) is 4.86. The van der Waals surface area contributed by atoms with Gasteiger partial charge in [-0.2, -0.15) is 0 Å². The van der Waals surface area contributed by atoms with Crippen LogP contribution in [0.25, 0.3) is 0 Å². The standard InChI is InChI=1S/C17H15NO/c1-14-8-11-16(12-9-14)17(18-19-2)13-10-15-6-4-3-5-7-15/h3-9,11-12H,1-2H3/b18-17-. The van der Waals surface area contributed by atoms with Gasteiger partial charge in [-0.25, -0.2) is 0 Å². The molecule has 0 aliphatic rings. The third kappa shape index (κ3) is 3.72. The number of oxime groups is 1. The molecule has 2 aromatic carbocycles. The van der Waals surface area contributed by atoms with Crippen molar-refractivity contribution in [3.8, 4) is 11.8 Å². The molecule has 0 bridgehead atoms. The normalized spacial score (nSPS) is 10.5. The molecule has 0 atom stereocenters. The average molecular weight is 249 g/mol. The van der Waals surface area contributed by atoms with Crippen molar-refractivity contribution in [2.75, 3.05) is 7.11 Å². The lowest BCUT2D eigenvalue weighted by atomic mass is 10.1. The lowest BCUT2D eigenvalue weighted by Crippen LogP contribution is -1.98. The lowest BCUT2D eigenvalue weighted by Gasteiger charge is -1.99. The Balaban J connectivity index is 2.30. The van der Waals surface area contributed by atoms with Gasteiger partial charge in [-0.15, -0.1) is 0 Å². The van der Waals surface area contributed by atoms with Crippen LogP contribution < -0.4 is 0 Å². The van der Waals surface area contributed by atoms with Crippen molar-refractivity contribution in [2.45, 2.75) is 6.92 Å². The minimum Gasteiger partial charge on any atom is -0.398 e. The van der Waals surface area contributed by atoms with Crippen molar-refractivity contribution in [1.29, 1.82) is 0 Å². The van der Waals surface area contributed by atoms with Crippen LogP contribution in [0, 0.1) is 18.8 Å². The molecule has 0 aliphatic carbocycles. The van der Waals surface area contributed by atoms with Crippen LogP contribution in [0.1, 0.15) is 16.7 Å². The van der Waals surface area contributed by atoms with Crippen molar-refractivity contribution in [2.24, 2.45) is 5.16 Å². The molecule has 0 saturated carbocycles. The van der Waals surface area contributed by atoms with Crippen molar-refractivity contribution < 1.29 is 4.84 Å². The molecule has 0 aliphatic heterocycles. The average Bonchev–Trinajstić information content (AvgIpc) is 2.46. The Morgan fingerprint density at radius 1 is 1.00 bits per heavy atom. The quantitative estimate of drug-likeness (QED) is 0.454. The van der Waals surface area contributed by atoms with Crippen LogP contribution >= 0.6 is 0 Å². The second-order valence-corrected chi connectivity index (χ2v) is 4.10. The van der Waals surface area contributed by atoms with Gasteiger partial charge >= 0.3 is 0 Å². The summed E-state index contributed by atoms with van der Waals surface area (Å²) in [6.45, 7) is 2.05. The predicted octanol–water partition coefficient (Wildman–Crippen LogP) is 3.40. The minimum absolute atomic E-state index is 0.631. The summed E-state index contributed by atoms with van der Waals surface area (Å²) in [5, 5.41) is 3.98. The molecule has 0 unspecified atom stereocenters. The molecule has 94 valence electrons. The van der Waals surface area contributed by atoms with Gasteiger partial charge in [0.05, 0.1) is 0 Å². The summed E-state index contributed by atoms with van der Waals surface area (Å²) < 4.78 is 0. The zero-order chi connectivity index (χ0) is 13.5. The highest BCUT2D eigenvalue weighted by molar-refractivity contribution is 6.13. The zero-order valence-corrected chi connectivity index (χ0v) is 11.1. The molecule has 0 fully saturated rings. The van der Waals surface area contributed by atoms with Crippen LogP contribution in [0.2, 0.25) is 0 Å². The zero-order valence-electron chi connectivity index (χ0n) is 11.1. The Hall–Kier alpha value is -2.53. The maximum atomic E-state index is 4.86. The highest BCUT2D eigenvalue weighted by atomic mass is 16.6. The Morgan fingerprint density at radius 3 is 2.32 bits per heavy atom. The van der Waals surface area contributed by atoms with Crippen molar-refractivity contribution in [3.63, 3.8) is 0 Å². The number of nitrogens with zero attached hydrogens (tertiary/aromatic N) is 1. The van der Waals surface area contributed by atoms with Gasteiger partial charge in [0.1, 0.15) is 7.11 Å². The van der Waals surface area contributed by atoms with E-state index in [1.54, 1.807) is 0 Å². The fourth-order valence-corrected chi connectivity index (χ4v) is 1.60. The van der Waals surface area contributed by atoms with Crippen LogP contribution in [-0.4, -0.2) is 12.8 Å². The highest BCUT2D eigenvalue weighted by Crippen LogP contribution is 2.05. The van der Waals surface area contributed by atoms with E-state index < -0.39 is 0 Å². The molecule has 2 heteroatoms. The first-order valence-corrected chi connectivity index (χ1v) is 6.05. The van der Waals surface area contributed by atoms with Gasteiger partial charge in [-0.3, -0.25) is 0 Å². The van der Waals surface area contributed by atoms with E-state index in [-0.39, 0.29) is 0 Å². The van der Waals surface area contributed by atoms with E-state index >= 15 is 0 Å². The van der Waals surface area contributed by atoms with Gasteiger partial charge in [0.15, 0.2) is 5.71 Å². The fourth-order valence-electron chi connectivity index (χ4n) is 1.60. The molecular formula is C17H15NO. The van der Waals surface area contributed by atoms with Gasteiger partial charge in [0, 0.05) is 11.1 Å². The van der Waals surface area contributed by atoms with Gasteiger partial charge < -0.3 is 4.84 Å². The van der Waals surface area contributed by atoms with Crippen molar-refractivity contribution in [1.82, 2.24) is 0 Å². The summed E-state index contributed by atoms with van der Waals surface area (Å²) in [5.74, 6) is 6.13. The summed E-state index contributed by atoms with van der Waals surface area (Å²) in [6.07, 6.45) is 0. The molecule has 0 radical (unpaired) electrons. The van der Waals surface area contributed by atoms with Crippen LogP contribution in [0.4, 0.5) is 0 Å². The topological polar surface area (TPSA) is 21.6 Å². The van der Waals surface area contributed by atoms with E-state index in [0.29, 0.717) is 5.71 Å². The Morgan fingerprint density at radius 2 is 1.68 bits per heavy atom. The molecular weight excluding hydrogens is 234 g/mol. The first-order chi connectivity index (χ1) is 9.29. The van der Waals surface area contributed by atoms with Crippen LogP contribution in [-0.2, 0) is 4.84 Å². The molecule has 0 heterocycles. The summed E-state index contributed by atoms with van der Waals surface area (Å²) in [6, 6.07) is 17.9. The van der Waals surface area contributed by atoms with Gasteiger partial charge in [0.2, 0.25) is 0 Å². The maximum Gasteiger partial charge on any atom is 0.160 e. The molecule has 19 heavy (non-hydrogen) atoms. The Bertz CT molecular complexity index is 616. The smallest absolute Gasteiger partial charge is 0.160 e. The van der Waals surface area contributed by atoms with E-state index in [2.05, 4.69) is 17.0 Å². The third-order valence-electron chi connectivity index (χ3n) is 2.61. The van der Waals surface area contributed by atoms with Crippen LogP contribution in [0.3, 0.4) is 0 Å². The summed E-state index contributed by atoms with van der Waals surface area (Å²) >= 11 is 0. The van der Waals surface area contributed by atoms with Gasteiger partial charge in [0.25, 0.3) is 0 Å². The third-order valence-corrected chi connectivity index (χ3v) is 2.61. The van der Waals surface area contributed by atoms with E-state index in [1.165, 1.54) is 12.7 Å². The minimum atomic E-state index is 0.631. The van der Waals surface area contributed by atoms with Crippen molar-refractivity contribution in [3.05, 3.63) is 71.3 Å². The number of aryl methyl sites for hydroxylation is 1. The molecule has 0 amide bonds. The van der Waals surface area contributed by atoms with E-state index in [0.717, 1.165) is 11.1 Å². The number of hydrogen-bond acceptors (Lipinski definition) is 2. The molecule has 2 nitrogen and oxygen atoms in total. The number of hydrogen-bond donors (Lipinski definition) is 0. The second-order valence-electron chi connectivity index (χ2n) is 4.10. The number of benzene rings is 2. The number of rotatable bonds is 2. The van der Waals surface area contributed by atoms with Crippen LogP contribution in [0.5, 0.6) is 0 Å². The van der Waals surface area contributed by atoms with Crippen LogP contribution in [0.15, 0.2) is 59.8 Å². The molecule has 0 saturated heterocycles. The SMILES string of the molecule is CO/N=C(/C#Cc1ccccc1)c1ccc(C)cc1. The Kier molecular flexibility index (Phi) is 4.36. The monoisotopic (exact) mass is 249 g/mol. The van der Waals surface area contributed by atoms with Gasteiger partial charge in [-0.05, 0) is 25.0 Å². The van der Waals surface area contributed by atoms with Gasteiger partial charge in [-0.1, -0.05) is 59.1 Å². The first-order valence-electron chi connectivity index (χ1n) is 6.05. The lowest BCUT2D eigenvalue weighted by molar-refractivity contribution is 0.214. The largest absolute Gasteiger partial charge is 0.398 e. The highest BCUT2D eigenvalue weighted by Gasteiger charge is 2.00. The Labute approximate surface area is 113 Å². The van der Waals surface area contributed by atoms with E-state index in [4.69, 9.17) is 4.84 Å².